The number of ether oxygens (including phenoxy) is 2. The van der Waals surface area contributed by atoms with Crippen LogP contribution in [0.5, 0.6) is 5.75 Å². The van der Waals surface area contributed by atoms with E-state index in [0.717, 1.165) is 5.69 Å². The number of piperazine rings is 1. The lowest BCUT2D eigenvalue weighted by atomic mass is 10.2. The first-order valence-electron chi connectivity index (χ1n) is 9.12. The molecule has 3 rings (SSSR count). The molecular formula is C21H20ClN3O4. The Labute approximate surface area is 174 Å². The molecule has 0 aromatic heterocycles. The van der Waals surface area contributed by atoms with Gasteiger partial charge < -0.3 is 19.3 Å². The Morgan fingerprint density at radius 3 is 2.41 bits per heavy atom. The van der Waals surface area contributed by atoms with Crippen molar-refractivity contribution in [3.63, 3.8) is 0 Å². The zero-order chi connectivity index (χ0) is 20.6. The molecule has 1 aliphatic rings. The number of anilines is 1. The largest absolute Gasteiger partial charge is 0.482 e. The molecule has 0 spiro atoms. The van der Waals surface area contributed by atoms with Crippen molar-refractivity contribution >= 4 is 29.2 Å². The van der Waals surface area contributed by atoms with E-state index in [1.807, 2.05) is 30.3 Å². The number of rotatable bonds is 6. The SMILES string of the molecule is N#Cc1ccc(OCC(=O)OCC(=O)N2CCN(c3cccc(Cl)c3)CC2)cc1. The molecule has 1 saturated heterocycles. The van der Waals surface area contributed by atoms with E-state index in [2.05, 4.69) is 4.90 Å². The molecule has 0 radical (unpaired) electrons. The van der Waals surface area contributed by atoms with Crippen LogP contribution in [0, 0.1) is 11.3 Å². The maximum absolute atomic E-state index is 12.3. The van der Waals surface area contributed by atoms with Crippen LogP contribution in [0.4, 0.5) is 5.69 Å². The van der Waals surface area contributed by atoms with Gasteiger partial charge in [-0.25, -0.2) is 4.79 Å². The van der Waals surface area contributed by atoms with Crippen LogP contribution in [-0.4, -0.2) is 56.2 Å². The molecule has 1 fully saturated rings. The van der Waals surface area contributed by atoms with Crippen molar-refractivity contribution in [2.45, 2.75) is 0 Å². The maximum atomic E-state index is 12.3. The molecule has 2 aromatic rings. The lowest BCUT2D eigenvalue weighted by molar-refractivity contribution is -0.153. The normalized spacial score (nSPS) is 13.5. The zero-order valence-corrected chi connectivity index (χ0v) is 16.5. The number of halogens is 1. The highest BCUT2D eigenvalue weighted by Crippen LogP contribution is 2.20. The quantitative estimate of drug-likeness (QED) is 0.676. The van der Waals surface area contributed by atoms with Crippen molar-refractivity contribution in [1.29, 1.82) is 5.26 Å². The van der Waals surface area contributed by atoms with Crippen LogP contribution in [0.1, 0.15) is 5.56 Å². The van der Waals surface area contributed by atoms with Crippen LogP contribution in [0.2, 0.25) is 5.02 Å². The number of carbonyl (C=O) groups is 2. The maximum Gasteiger partial charge on any atom is 0.344 e. The first-order valence-corrected chi connectivity index (χ1v) is 9.50. The van der Waals surface area contributed by atoms with Crippen LogP contribution in [0.3, 0.4) is 0 Å². The van der Waals surface area contributed by atoms with E-state index in [1.165, 1.54) is 0 Å². The van der Waals surface area contributed by atoms with Gasteiger partial charge in [-0.15, -0.1) is 0 Å². The van der Waals surface area contributed by atoms with Gasteiger partial charge in [0.25, 0.3) is 5.91 Å². The lowest BCUT2D eigenvalue weighted by Gasteiger charge is -2.36. The first kappa shape index (κ1) is 20.5. The van der Waals surface area contributed by atoms with E-state index >= 15 is 0 Å². The second-order valence-electron chi connectivity index (χ2n) is 6.43. The number of esters is 1. The van der Waals surface area contributed by atoms with Gasteiger partial charge in [0, 0.05) is 36.9 Å². The molecule has 1 aliphatic heterocycles. The minimum atomic E-state index is -0.625. The molecule has 0 atom stereocenters. The molecular weight excluding hydrogens is 394 g/mol. The monoisotopic (exact) mass is 413 g/mol. The summed E-state index contributed by atoms with van der Waals surface area (Å²) in [6, 6.07) is 16.0. The van der Waals surface area contributed by atoms with Crippen LogP contribution < -0.4 is 9.64 Å². The molecule has 7 nitrogen and oxygen atoms in total. The van der Waals surface area contributed by atoms with E-state index in [1.54, 1.807) is 29.2 Å². The molecule has 8 heteroatoms. The summed E-state index contributed by atoms with van der Waals surface area (Å²) in [4.78, 5) is 27.9. The van der Waals surface area contributed by atoms with Gasteiger partial charge in [0.1, 0.15) is 5.75 Å². The summed E-state index contributed by atoms with van der Waals surface area (Å²) in [5, 5.41) is 9.43. The Hall–Kier alpha value is -3.24. The third-order valence-corrected chi connectivity index (χ3v) is 4.74. The molecule has 1 heterocycles. The van der Waals surface area contributed by atoms with Crippen molar-refractivity contribution in [1.82, 2.24) is 4.90 Å². The number of hydrogen-bond acceptors (Lipinski definition) is 6. The van der Waals surface area contributed by atoms with Crippen LogP contribution in [-0.2, 0) is 14.3 Å². The zero-order valence-electron chi connectivity index (χ0n) is 15.7. The Balaban J connectivity index is 1.38. The summed E-state index contributed by atoms with van der Waals surface area (Å²) >= 11 is 6.03. The highest BCUT2D eigenvalue weighted by atomic mass is 35.5. The topological polar surface area (TPSA) is 82.9 Å². The average molecular weight is 414 g/mol. The molecule has 150 valence electrons. The summed E-state index contributed by atoms with van der Waals surface area (Å²) < 4.78 is 10.3. The Morgan fingerprint density at radius 1 is 1.03 bits per heavy atom. The van der Waals surface area contributed by atoms with Gasteiger partial charge in [-0.05, 0) is 42.5 Å². The molecule has 1 amide bonds. The Bertz CT molecular complexity index is 903. The number of hydrogen-bond donors (Lipinski definition) is 0. The summed E-state index contributed by atoms with van der Waals surface area (Å²) in [5.41, 5.74) is 1.52. The second kappa shape index (κ2) is 9.80. The van der Waals surface area contributed by atoms with Gasteiger partial charge >= 0.3 is 5.97 Å². The predicted molar refractivity (Wildman–Crippen MR) is 108 cm³/mol. The summed E-state index contributed by atoms with van der Waals surface area (Å²) in [7, 11) is 0. The number of carbonyl (C=O) groups excluding carboxylic acids is 2. The second-order valence-corrected chi connectivity index (χ2v) is 6.87. The minimum absolute atomic E-state index is 0.234. The van der Waals surface area contributed by atoms with Gasteiger partial charge in [0.2, 0.25) is 0 Å². The molecule has 2 aromatic carbocycles. The van der Waals surface area contributed by atoms with Crippen LogP contribution in [0.15, 0.2) is 48.5 Å². The first-order chi connectivity index (χ1) is 14.0. The fourth-order valence-electron chi connectivity index (χ4n) is 2.93. The molecule has 0 aliphatic carbocycles. The fraction of sp³-hybridized carbons (Fsp3) is 0.286. The third-order valence-electron chi connectivity index (χ3n) is 4.50. The molecule has 0 unspecified atom stereocenters. The molecule has 0 bridgehead atoms. The van der Waals surface area contributed by atoms with E-state index in [-0.39, 0.29) is 19.1 Å². The van der Waals surface area contributed by atoms with Crippen molar-refractivity contribution in [2.24, 2.45) is 0 Å². The highest BCUT2D eigenvalue weighted by Gasteiger charge is 2.22. The van der Waals surface area contributed by atoms with Gasteiger partial charge in [0.15, 0.2) is 13.2 Å². The molecule has 0 N–H and O–H groups in total. The number of nitrogens with zero attached hydrogens (tertiary/aromatic N) is 3. The summed E-state index contributed by atoms with van der Waals surface area (Å²) in [6.45, 7) is 1.84. The Kier molecular flexibility index (Phi) is 6.93. The van der Waals surface area contributed by atoms with E-state index < -0.39 is 5.97 Å². The van der Waals surface area contributed by atoms with E-state index in [0.29, 0.717) is 42.5 Å². The number of benzene rings is 2. The van der Waals surface area contributed by atoms with Gasteiger partial charge in [-0.1, -0.05) is 17.7 Å². The molecule has 0 saturated carbocycles. The fourth-order valence-corrected chi connectivity index (χ4v) is 3.11. The minimum Gasteiger partial charge on any atom is -0.482 e. The van der Waals surface area contributed by atoms with Crippen molar-refractivity contribution in [3.05, 3.63) is 59.1 Å². The number of nitriles is 1. The average Bonchev–Trinajstić information content (AvgIpc) is 2.76. The van der Waals surface area contributed by atoms with E-state index in [4.69, 9.17) is 26.3 Å². The highest BCUT2D eigenvalue weighted by molar-refractivity contribution is 6.30. The van der Waals surface area contributed by atoms with Crippen LogP contribution in [0.25, 0.3) is 0 Å². The van der Waals surface area contributed by atoms with Gasteiger partial charge in [-0.2, -0.15) is 5.26 Å². The Morgan fingerprint density at radius 2 is 1.76 bits per heavy atom. The summed E-state index contributed by atoms with van der Waals surface area (Å²) in [5.74, 6) is -0.410. The number of amides is 1. The standard InChI is InChI=1S/C21H20ClN3O4/c22-17-2-1-3-18(12-17)24-8-10-25(11-9-24)20(26)14-29-21(27)15-28-19-6-4-16(13-23)5-7-19/h1-7,12H,8-11,14-15H2. The van der Waals surface area contributed by atoms with Crippen LogP contribution >= 0.6 is 11.6 Å². The van der Waals surface area contributed by atoms with Gasteiger partial charge in [-0.3, -0.25) is 4.79 Å². The third kappa shape index (κ3) is 5.87. The molecule has 29 heavy (non-hydrogen) atoms. The van der Waals surface area contributed by atoms with Crippen molar-refractivity contribution in [2.75, 3.05) is 44.3 Å². The predicted octanol–water partition coefficient (Wildman–Crippen LogP) is 2.48. The van der Waals surface area contributed by atoms with Crippen molar-refractivity contribution in [3.8, 4) is 11.8 Å². The van der Waals surface area contributed by atoms with Crippen molar-refractivity contribution < 1.29 is 19.1 Å². The lowest BCUT2D eigenvalue weighted by Crippen LogP contribution is -2.50. The smallest absolute Gasteiger partial charge is 0.344 e. The summed E-state index contributed by atoms with van der Waals surface area (Å²) in [6.07, 6.45) is 0. The van der Waals surface area contributed by atoms with E-state index in [9.17, 15) is 9.59 Å². The van der Waals surface area contributed by atoms with Gasteiger partial charge in [0.05, 0.1) is 11.6 Å².